The van der Waals surface area contributed by atoms with Gasteiger partial charge < -0.3 is 10.1 Å². The maximum Gasteiger partial charge on any atom is 0.239 e. The predicted octanol–water partition coefficient (Wildman–Crippen LogP) is 4.06. The number of anilines is 1. The molecule has 0 atom stereocenters. The van der Waals surface area contributed by atoms with Crippen molar-refractivity contribution in [1.29, 1.82) is 0 Å². The first kappa shape index (κ1) is 12.6. The lowest BCUT2D eigenvalue weighted by Crippen LogP contribution is -2.07. The highest BCUT2D eigenvalue weighted by Gasteiger charge is 2.16. The number of rotatable bonds is 4. The average molecular weight is 251 g/mol. The number of hydrogen-bond acceptors (Lipinski definition) is 2. The van der Waals surface area contributed by atoms with Gasteiger partial charge in [-0.2, -0.15) is 0 Å². The van der Waals surface area contributed by atoms with Crippen LogP contribution in [0.3, 0.4) is 0 Å². The van der Waals surface area contributed by atoms with Crippen LogP contribution >= 0.6 is 0 Å². The van der Waals surface area contributed by atoms with E-state index in [1.54, 1.807) is 7.11 Å². The van der Waals surface area contributed by atoms with E-state index in [2.05, 4.69) is 11.9 Å². The smallest absolute Gasteiger partial charge is 0.239 e. The average Bonchev–Trinajstić information content (AvgIpc) is 2.34. The van der Waals surface area contributed by atoms with Crippen molar-refractivity contribution < 1.29 is 13.5 Å². The summed E-state index contributed by atoms with van der Waals surface area (Å²) >= 11 is 0. The summed E-state index contributed by atoms with van der Waals surface area (Å²) in [6.07, 6.45) is -0.254. The lowest BCUT2D eigenvalue weighted by Gasteiger charge is -2.21. The molecule has 2 nitrogen and oxygen atoms in total. The minimum Gasteiger partial charge on any atom is -0.497 e. The molecule has 0 saturated heterocycles. The quantitative estimate of drug-likeness (QED) is 0.871. The molecule has 0 saturated carbocycles. The fourth-order valence-electron chi connectivity index (χ4n) is 2.00. The highest BCUT2D eigenvalue weighted by atomic mass is 19.3. The summed E-state index contributed by atoms with van der Waals surface area (Å²) in [6, 6.07) is 5.55. The Balaban J connectivity index is 2.29. The second-order valence-corrected chi connectivity index (χ2v) is 4.16. The van der Waals surface area contributed by atoms with Gasteiger partial charge in [-0.15, -0.1) is 0 Å². The molecule has 4 heteroatoms. The van der Waals surface area contributed by atoms with Gasteiger partial charge in [0.15, 0.2) is 0 Å². The number of benzene rings is 1. The molecule has 1 aromatic carbocycles. The van der Waals surface area contributed by atoms with Gasteiger partial charge in [0.05, 0.1) is 7.11 Å². The maximum absolute atomic E-state index is 12.3. The van der Waals surface area contributed by atoms with Crippen molar-refractivity contribution in [2.24, 2.45) is 0 Å². The third kappa shape index (κ3) is 2.70. The molecule has 0 bridgehead atoms. The molecular formula is C14H15F2NO. The van der Waals surface area contributed by atoms with Crippen LogP contribution in [0, 0.1) is 0 Å². The topological polar surface area (TPSA) is 21.3 Å². The number of hydrogen-bond donors (Lipinski definition) is 1. The van der Waals surface area contributed by atoms with Crippen molar-refractivity contribution in [2.45, 2.75) is 19.3 Å². The van der Waals surface area contributed by atoms with E-state index in [-0.39, 0.29) is 6.42 Å². The minimum absolute atomic E-state index is 0.134. The number of allylic oxidation sites excluding steroid dienone is 2. The molecule has 0 aromatic heterocycles. The lowest BCUT2D eigenvalue weighted by atomic mass is 9.95. The number of nitrogens with one attached hydrogen (secondary N) is 1. The van der Waals surface area contributed by atoms with Crippen LogP contribution in [0.4, 0.5) is 14.5 Å². The van der Waals surface area contributed by atoms with E-state index < -0.39 is 6.43 Å². The number of methoxy groups -OCH3 is 1. The fraction of sp³-hybridized carbons (Fsp3) is 0.286. The maximum atomic E-state index is 12.3. The van der Waals surface area contributed by atoms with E-state index in [0.29, 0.717) is 12.1 Å². The van der Waals surface area contributed by atoms with Gasteiger partial charge in [0.25, 0.3) is 0 Å². The number of halogens is 2. The van der Waals surface area contributed by atoms with Crippen molar-refractivity contribution >= 4 is 11.3 Å². The van der Waals surface area contributed by atoms with E-state index in [9.17, 15) is 8.78 Å². The van der Waals surface area contributed by atoms with E-state index in [4.69, 9.17) is 4.74 Å². The molecule has 0 amide bonds. The standard InChI is InChI=1S/C14H15F2NO/c1-9-7-10(3-6-14(15)16)12-5-4-11(18-2)8-13(12)17-9/h4-5,7-8,14,17H,1,3,6H2,2H3. The first-order valence-electron chi connectivity index (χ1n) is 5.73. The predicted molar refractivity (Wildman–Crippen MR) is 69.0 cm³/mol. The molecule has 1 aliphatic heterocycles. The summed E-state index contributed by atoms with van der Waals surface area (Å²) in [6.45, 7) is 3.83. The van der Waals surface area contributed by atoms with E-state index in [0.717, 1.165) is 22.6 Å². The Morgan fingerprint density at radius 3 is 2.83 bits per heavy atom. The Morgan fingerprint density at radius 2 is 2.17 bits per heavy atom. The minimum atomic E-state index is -2.28. The Bertz CT molecular complexity index is 495. The van der Waals surface area contributed by atoms with E-state index in [1.807, 2.05) is 24.3 Å². The lowest BCUT2D eigenvalue weighted by molar-refractivity contribution is 0.139. The van der Waals surface area contributed by atoms with Gasteiger partial charge in [-0.25, -0.2) is 8.78 Å². The molecule has 1 aliphatic rings. The molecule has 1 heterocycles. The van der Waals surface area contributed by atoms with Crippen LogP contribution in [0.5, 0.6) is 5.75 Å². The largest absolute Gasteiger partial charge is 0.497 e. The van der Waals surface area contributed by atoms with Gasteiger partial charge in [0.1, 0.15) is 5.75 Å². The monoisotopic (exact) mass is 251 g/mol. The van der Waals surface area contributed by atoms with Crippen LogP contribution in [-0.4, -0.2) is 13.5 Å². The number of ether oxygens (including phenoxy) is 1. The van der Waals surface area contributed by atoms with Gasteiger partial charge in [0.2, 0.25) is 6.43 Å². The zero-order chi connectivity index (χ0) is 13.1. The summed E-state index contributed by atoms with van der Waals surface area (Å²) < 4.78 is 29.7. The van der Waals surface area contributed by atoms with Crippen molar-refractivity contribution in [3.63, 3.8) is 0 Å². The molecule has 2 rings (SSSR count). The normalized spacial score (nSPS) is 14.0. The van der Waals surface area contributed by atoms with E-state index in [1.165, 1.54) is 0 Å². The van der Waals surface area contributed by atoms with Crippen LogP contribution in [0.1, 0.15) is 18.4 Å². The highest BCUT2D eigenvalue weighted by molar-refractivity contribution is 5.83. The van der Waals surface area contributed by atoms with Crippen LogP contribution in [0.15, 0.2) is 36.6 Å². The summed E-state index contributed by atoms with van der Waals surface area (Å²) in [4.78, 5) is 0. The Labute approximate surface area is 105 Å². The molecule has 0 fully saturated rings. The summed E-state index contributed by atoms with van der Waals surface area (Å²) in [5.41, 5.74) is 3.38. The van der Waals surface area contributed by atoms with Gasteiger partial charge in [-0.3, -0.25) is 0 Å². The second-order valence-electron chi connectivity index (χ2n) is 4.16. The van der Waals surface area contributed by atoms with E-state index >= 15 is 0 Å². The third-order valence-corrected chi connectivity index (χ3v) is 2.85. The van der Waals surface area contributed by atoms with Crippen molar-refractivity contribution in [1.82, 2.24) is 0 Å². The van der Waals surface area contributed by atoms with Crippen LogP contribution in [-0.2, 0) is 0 Å². The third-order valence-electron chi connectivity index (χ3n) is 2.85. The summed E-state index contributed by atoms with van der Waals surface area (Å²) in [5, 5.41) is 3.11. The van der Waals surface area contributed by atoms with Gasteiger partial charge in [-0.1, -0.05) is 6.58 Å². The van der Waals surface area contributed by atoms with Crippen molar-refractivity contribution in [3.8, 4) is 5.75 Å². The molecule has 1 aromatic rings. The highest BCUT2D eigenvalue weighted by Crippen LogP contribution is 2.36. The Kier molecular flexibility index (Phi) is 3.65. The van der Waals surface area contributed by atoms with Crippen LogP contribution in [0.25, 0.3) is 5.57 Å². The van der Waals surface area contributed by atoms with Gasteiger partial charge in [-0.05, 0) is 30.2 Å². The molecule has 1 N–H and O–H groups in total. The van der Waals surface area contributed by atoms with Crippen LogP contribution < -0.4 is 10.1 Å². The fourth-order valence-corrected chi connectivity index (χ4v) is 2.00. The Hall–Kier alpha value is -1.84. The molecule has 0 unspecified atom stereocenters. The van der Waals surface area contributed by atoms with Crippen molar-refractivity contribution in [3.05, 3.63) is 42.1 Å². The molecule has 0 spiro atoms. The molecular weight excluding hydrogens is 236 g/mol. The Morgan fingerprint density at radius 1 is 1.39 bits per heavy atom. The SMILES string of the molecule is C=C1C=C(CCC(F)F)c2ccc(OC)cc2N1. The van der Waals surface area contributed by atoms with Gasteiger partial charge >= 0.3 is 0 Å². The van der Waals surface area contributed by atoms with Crippen molar-refractivity contribution in [2.75, 3.05) is 12.4 Å². The first-order chi connectivity index (χ1) is 8.60. The first-order valence-corrected chi connectivity index (χ1v) is 5.73. The molecule has 18 heavy (non-hydrogen) atoms. The number of fused-ring (bicyclic) bond motifs is 1. The zero-order valence-electron chi connectivity index (χ0n) is 10.2. The summed E-state index contributed by atoms with van der Waals surface area (Å²) in [5.74, 6) is 0.726. The van der Waals surface area contributed by atoms with Gasteiger partial charge in [0, 0.05) is 29.4 Å². The van der Waals surface area contributed by atoms with Crippen LogP contribution in [0.2, 0.25) is 0 Å². The molecule has 0 radical (unpaired) electrons. The number of alkyl halides is 2. The molecule has 96 valence electrons. The molecule has 0 aliphatic carbocycles. The zero-order valence-corrected chi connectivity index (χ0v) is 10.2. The second kappa shape index (κ2) is 5.21. The summed E-state index contributed by atoms with van der Waals surface area (Å²) in [7, 11) is 1.59.